The van der Waals surface area contributed by atoms with E-state index in [1.54, 1.807) is 11.8 Å². The van der Waals surface area contributed by atoms with E-state index >= 15 is 0 Å². The van der Waals surface area contributed by atoms with Gasteiger partial charge in [-0.25, -0.2) is 13.1 Å². The first-order valence-corrected chi connectivity index (χ1v) is 8.36. The van der Waals surface area contributed by atoms with Gasteiger partial charge in [0.2, 0.25) is 15.9 Å². The van der Waals surface area contributed by atoms with E-state index in [2.05, 4.69) is 4.72 Å². The SMILES string of the molecule is CCN(CC)C(=O)CCNS(=O)(=O)CC(C)CCl. The first kappa shape index (κ1) is 17.7. The van der Waals surface area contributed by atoms with E-state index in [0.29, 0.717) is 19.0 Å². The Morgan fingerprint density at radius 2 is 1.89 bits per heavy atom. The Bertz CT molecular complexity index is 342. The molecule has 0 heterocycles. The number of rotatable bonds is 9. The Morgan fingerprint density at radius 3 is 2.33 bits per heavy atom. The van der Waals surface area contributed by atoms with Crippen LogP contribution in [0, 0.1) is 5.92 Å². The zero-order valence-corrected chi connectivity index (χ0v) is 12.9. The molecule has 0 aliphatic heterocycles. The van der Waals surface area contributed by atoms with Gasteiger partial charge in [-0.15, -0.1) is 11.6 Å². The van der Waals surface area contributed by atoms with Crippen LogP contribution in [0.25, 0.3) is 0 Å². The number of hydrogen-bond acceptors (Lipinski definition) is 3. The predicted octanol–water partition coefficient (Wildman–Crippen LogP) is 1.04. The highest BCUT2D eigenvalue weighted by Gasteiger charge is 2.16. The van der Waals surface area contributed by atoms with Crippen LogP contribution < -0.4 is 4.72 Å². The third-order valence-corrected chi connectivity index (χ3v) is 4.72. The molecule has 7 heteroatoms. The van der Waals surface area contributed by atoms with E-state index < -0.39 is 10.0 Å². The van der Waals surface area contributed by atoms with Crippen molar-refractivity contribution >= 4 is 27.5 Å². The zero-order chi connectivity index (χ0) is 14.2. The van der Waals surface area contributed by atoms with E-state index in [1.165, 1.54) is 0 Å². The molecular formula is C11H23ClN2O3S. The van der Waals surface area contributed by atoms with E-state index in [1.807, 2.05) is 13.8 Å². The standard InChI is InChI=1S/C11H23ClN2O3S/c1-4-14(5-2)11(15)6-7-13-18(16,17)9-10(3)8-12/h10,13H,4-9H2,1-3H3. The summed E-state index contributed by atoms with van der Waals surface area (Å²) in [5, 5.41) is 0. The summed E-state index contributed by atoms with van der Waals surface area (Å²) in [6.45, 7) is 7.00. The smallest absolute Gasteiger partial charge is 0.223 e. The van der Waals surface area contributed by atoms with Crippen molar-refractivity contribution in [1.82, 2.24) is 9.62 Å². The van der Waals surface area contributed by atoms with Crippen LogP contribution in [0.4, 0.5) is 0 Å². The van der Waals surface area contributed by atoms with Crippen molar-refractivity contribution in [2.75, 3.05) is 31.3 Å². The second-order valence-electron chi connectivity index (χ2n) is 4.25. The van der Waals surface area contributed by atoms with Gasteiger partial charge in [0.05, 0.1) is 5.75 Å². The Labute approximate surface area is 115 Å². The topological polar surface area (TPSA) is 66.5 Å². The fourth-order valence-electron chi connectivity index (χ4n) is 1.53. The van der Waals surface area contributed by atoms with E-state index in [4.69, 9.17) is 11.6 Å². The molecule has 1 unspecified atom stereocenters. The van der Waals surface area contributed by atoms with Gasteiger partial charge in [0.15, 0.2) is 0 Å². The van der Waals surface area contributed by atoms with Crippen LogP contribution in [-0.4, -0.2) is 50.5 Å². The summed E-state index contributed by atoms with van der Waals surface area (Å²) in [5.74, 6) is 0.172. The van der Waals surface area contributed by atoms with Gasteiger partial charge in [-0.05, 0) is 19.8 Å². The molecular weight excluding hydrogens is 276 g/mol. The van der Waals surface area contributed by atoms with Crippen LogP contribution in [0.1, 0.15) is 27.2 Å². The van der Waals surface area contributed by atoms with Gasteiger partial charge >= 0.3 is 0 Å². The van der Waals surface area contributed by atoms with Gasteiger partial charge in [-0.1, -0.05) is 6.92 Å². The van der Waals surface area contributed by atoms with Crippen molar-refractivity contribution in [3.8, 4) is 0 Å². The highest BCUT2D eigenvalue weighted by molar-refractivity contribution is 7.89. The van der Waals surface area contributed by atoms with Crippen molar-refractivity contribution in [2.45, 2.75) is 27.2 Å². The molecule has 0 fully saturated rings. The van der Waals surface area contributed by atoms with Crippen molar-refractivity contribution < 1.29 is 13.2 Å². The molecule has 5 nitrogen and oxygen atoms in total. The zero-order valence-electron chi connectivity index (χ0n) is 11.3. The molecule has 0 spiro atoms. The van der Waals surface area contributed by atoms with Gasteiger partial charge < -0.3 is 4.90 Å². The Balaban J connectivity index is 4.07. The van der Waals surface area contributed by atoms with Gasteiger partial charge in [-0.2, -0.15) is 0 Å². The van der Waals surface area contributed by atoms with Crippen LogP contribution >= 0.6 is 11.6 Å². The molecule has 1 amide bonds. The summed E-state index contributed by atoms with van der Waals surface area (Å²) in [4.78, 5) is 13.3. The molecule has 0 radical (unpaired) electrons. The van der Waals surface area contributed by atoms with Crippen molar-refractivity contribution in [2.24, 2.45) is 5.92 Å². The first-order chi connectivity index (χ1) is 8.36. The lowest BCUT2D eigenvalue weighted by atomic mass is 10.3. The molecule has 0 saturated heterocycles. The van der Waals surface area contributed by atoms with E-state index in [9.17, 15) is 13.2 Å². The minimum absolute atomic E-state index is 0.00401. The summed E-state index contributed by atoms with van der Waals surface area (Å²) < 4.78 is 25.6. The number of halogens is 1. The molecule has 0 rings (SSSR count). The van der Waals surface area contributed by atoms with Crippen LogP contribution in [0.3, 0.4) is 0 Å². The fraction of sp³-hybridized carbons (Fsp3) is 0.909. The lowest BCUT2D eigenvalue weighted by Gasteiger charge is -2.18. The quantitative estimate of drug-likeness (QED) is 0.647. The van der Waals surface area contributed by atoms with Crippen LogP contribution in [0.5, 0.6) is 0 Å². The lowest BCUT2D eigenvalue weighted by Crippen LogP contribution is -2.35. The lowest BCUT2D eigenvalue weighted by molar-refractivity contribution is -0.130. The number of carbonyl (C=O) groups is 1. The van der Waals surface area contributed by atoms with Crippen molar-refractivity contribution in [3.05, 3.63) is 0 Å². The van der Waals surface area contributed by atoms with E-state index in [-0.39, 0.29) is 30.5 Å². The van der Waals surface area contributed by atoms with Gasteiger partial charge in [0.1, 0.15) is 0 Å². The second kappa shape index (κ2) is 8.72. The third-order valence-electron chi connectivity index (χ3n) is 2.54. The van der Waals surface area contributed by atoms with Crippen molar-refractivity contribution in [1.29, 1.82) is 0 Å². The average molecular weight is 299 g/mol. The Morgan fingerprint density at radius 1 is 1.33 bits per heavy atom. The maximum absolute atomic E-state index is 11.6. The minimum atomic E-state index is -3.33. The predicted molar refractivity (Wildman–Crippen MR) is 74.2 cm³/mol. The maximum atomic E-state index is 11.6. The third kappa shape index (κ3) is 7.18. The normalized spacial score (nSPS) is 13.3. The maximum Gasteiger partial charge on any atom is 0.223 e. The molecule has 1 atom stereocenters. The Hall–Kier alpha value is -0.330. The Kier molecular flexibility index (Phi) is 8.56. The molecule has 0 aromatic heterocycles. The van der Waals surface area contributed by atoms with Crippen LogP contribution in [0.2, 0.25) is 0 Å². The second-order valence-corrected chi connectivity index (χ2v) is 6.41. The summed E-state index contributed by atoms with van der Waals surface area (Å²) in [7, 11) is -3.33. The number of hydrogen-bond donors (Lipinski definition) is 1. The van der Waals surface area contributed by atoms with Crippen molar-refractivity contribution in [3.63, 3.8) is 0 Å². The number of sulfonamides is 1. The van der Waals surface area contributed by atoms with Gasteiger partial charge in [0.25, 0.3) is 0 Å². The summed E-state index contributed by atoms with van der Waals surface area (Å²) in [6.07, 6.45) is 0.191. The first-order valence-electron chi connectivity index (χ1n) is 6.17. The number of alkyl halides is 1. The highest BCUT2D eigenvalue weighted by Crippen LogP contribution is 2.02. The van der Waals surface area contributed by atoms with Crippen LogP contribution in [0.15, 0.2) is 0 Å². The number of nitrogens with zero attached hydrogens (tertiary/aromatic N) is 1. The highest BCUT2D eigenvalue weighted by atomic mass is 35.5. The molecule has 0 bridgehead atoms. The largest absolute Gasteiger partial charge is 0.343 e. The molecule has 0 aromatic rings. The average Bonchev–Trinajstić information content (AvgIpc) is 2.29. The molecule has 1 N–H and O–H groups in total. The van der Waals surface area contributed by atoms with E-state index in [0.717, 1.165) is 0 Å². The summed E-state index contributed by atoms with van der Waals surface area (Å²) >= 11 is 5.57. The minimum Gasteiger partial charge on any atom is -0.343 e. The molecule has 0 aromatic carbocycles. The number of carbonyl (C=O) groups excluding carboxylic acids is 1. The fourth-order valence-corrected chi connectivity index (χ4v) is 3.16. The van der Waals surface area contributed by atoms with Gasteiger partial charge in [-0.3, -0.25) is 4.79 Å². The summed E-state index contributed by atoms with van der Waals surface area (Å²) in [6, 6.07) is 0. The molecule has 0 aliphatic rings. The molecule has 18 heavy (non-hydrogen) atoms. The monoisotopic (exact) mass is 298 g/mol. The van der Waals surface area contributed by atoms with Crippen LogP contribution in [-0.2, 0) is 14.8 Å². The number of nitrogens with one attached hydrogen (secondary N) is 1. The molecule has 0 aliphatic carbocycles. The van der Waals surface area contributed by atoms with Gasteiger partial charge in [0, 0.05) is 31.9 Å². The molecule has 108 valence electrons. The number of amides is 1. The summed E-state index contributed by atoms with van der Waals surface area (Å²) in [5.41, 5.74) is 0. The molecule has 0 saturated carbocycles.